The summed E-state index contributed by atoms with van der Waals surface area (Å²) >= 11 is 0. The van der Waals surface area contributed by atoms with Gasteiger partial charge in [0.2, 0.25) is 0 Å². The van der Waals surface area contributed by atoms with Gasteiger partial charge < -0.3 is 16.2 Å². The standard InChI is InChI=1S/C14H24N2O.ClH/c1-10-8-12(9-11(2)14(10)17-3)13(16)6-4-5-7-15;/h8-9,13H,4-7,15-16H2,1-3H3;1H/t13-;/m1./s1. The van der Waals surface area contributed by atoms with Crippen LogP contribution in [0.15, 0.2) is 12.1 Å². The van der Waals surface area contributed by atoms with E-state index in [1.54, 1.807) is 7.11 Å². The lowest BCUT2D eigenvalue weighted by molar-refractivity contribution is 0.408. The van der Waals surface area contributed by atoms with Crippen molar-refractivity contribution in [3.05, 3.63) is 28.8 Å². The first-order valence-electron chi connectivity index (χ1n) is 6.21. The molecular weight excluding hydrogens is 248 g/mol. The van der Waals surface area contributed by atoms with E-state index in [9.17, 15) is 0 Å². The molecule has 0 aliphatic carbocycles. The molecule has 1 rings (SSSR count). The highest BCUT2D eigenvalue weighted by Crippen LogP contribution is 2.27. The molecule has 0 bridgehead atoms. The van der Waals surface area contributed by atoms with Crippen molar-refractivity contribution in [3.63, 3.8) is 0 Å². The van der Waals surface area contributed by atoms with E-state index in [0.29, 0.717) is 0 Å². The van der Waals surface area contributed by atoms with Crippen LogP contribution in [0.2, 0.25) is 0 Å². The number of rotatable bonds is 6. The highest BCUT2D eigenvalue weighted by atomic mass is 35.5. The Morgan fingerprint density at radius 2 is 1.72 bits per heavy atom. The van der Waals surface area contributed by atoms with Crippen molar-refractivity contribution in [2.75, 3.05) is 13.7 Å². The van der Waals surface area contributed by atoms with Gasteiger partial charge in [0.15, 0.2) is 0 Å². The van der Waals surface area contributed by atoms with Crippen molar-refractivity contribution >= 4 is 12.4 Å². The summed E-state index contributed by atoms with van der Waals surface area (Å²) in [4.78, 5) is 0. The third kappa shape index (κ3) is 4.48. The van der Waals surface area contributed by atoms with E-state index in [0.717, 1.165) is 42.7 Å². The molecule has 0 fully saturated rings. The molecule has 4 N–H and O–H groups in total. The summed E-state index contributed by atoms with van der Waals surface area (Å²) in [5, 5.41) is 0. The van der Waals surface area contributed by atoms with E-state index in [2.05, 4.69) is 26.0 Å². The van der Waals surface area contributed by atoms with Crippen LogP contribution >= 0.6 is 12.4 Å². The van der Waals surface area contributed by atoms with Gasteiger partial charge in [0, 0.05) is 6.04 Å². The van der Waals surface area contributed by atoms with Crippen LogP contribution in [-0.4, -0.2) is 13.7 Å². The predicted molar refractivity (Wildman–Crippen MR) is 79.5 cm³/mol. The summed E-state index contributed by atoms with van der Waals surface area (Å²) in [5.74, 6) is 0.961. The topological polar surface area (TPSA) is 61.3 Å². The van der Waals surface area contributed by atoms with Gasteiger partial charge in [0.1, 0.15) is 5.75 Å². The first-order chi connectivity index (χ1) is 8.10. The largest absolute Gasteiger partial charge is 0.496 e. The van der Waals surface area contributed by atoms with Gasteiger partial charge >= 0.3 is 0 Å². The average molecular weight is 273 g/mol. The molecule has 0 unspecified atom stereocenters. The van der Waals surface area contributed by atoms with Gasteiger partial charge in [-0.2, -0.15) is 0 Å². The van der Waals surface area contributed by atoms with Crippen molar-refractivity contribution in [1.29, 1.82) is 0 Å². The summed E-state index contributed by atoms with van der Waals surface area (Å²) < 4.78 is 5.35. The Balaban J connectivity index is 0.00000289. The smallest absolute Gasteiger partial charge is 0.124 e. The van der Waals surface area contributed by atoms with Crippen LogP contribution in [0.1, 0.15) is 42.0 Å². The molecule has 0 aliphatic heterocycles. The van der Waals surface area contributed by atoms with Gasteiger partial charge in [-0.25, -0.2) is 0 Å². The summed E-state index contributed by atoms with van der Waals surface area (Å²) in [7, 11) is 1.70. The van der Waals surface area contributed by atoms with Gasteiger partial charge in [-0.15, -0.1) is 12.4 Å². The van der Waals surface area contributed by atoms with E-state index < -0.39 is 0 Å². The lowest BCUT2D eigenvalue weighted by Gasteiger charge is -2.16. The fourth-order valence-electron chi connectivity index (χ4n) is 2.20. The predicted octanol–water partition coefficient (Wildman–Crippen LogP) is 2.86. The molecular formula is C14H25ClN2O. The van der Waals surface area contributed by atoms with Gasteiger partial charge in [-0.3, -0.25) is 0 Å². The minimum Gasteiger partial charge on any atom is -0.496 e. The maximum Gasteiger partial charge on any atom is 0.124 e. The zero-order valence-corrected chi connectivity index (χ0v) is 12.3. The maximum absolute atomic E-state index is 6.18. The van der Waals surface area contributed by atoms with E-state index in [1.807, 2.05) is 0 Å². The van der Waals surface area contributed by atoms with Gasteiger partial charge in [-0.05, 0) is 49.9 Å². The van der Waals surface area contributed by atoms with Crippen molar-refractivity contribution in [3.8, 4) is 5.75 Å². The molecule has 1 atom stereocenters. The quantitative estimate of drug-likeness (QED) is 0.783. The minimum atomic E-state index is 0. The molecule has 0 heterocycles. The number of methoxy groups -OCH3 is 1. The van der Waals surface area contributed by atoms with Crippen LogP contribution in [0.3, 0.4) is 0 Å². The molecule has 0 saturated carbocycles. The second-order valence-corrected chi connectivity index (χ2v) is 4.58. The molecule has 3 nitrogen and oxygen atoms in total. The first kappa shape index (κ1) is 17.2. The molecule has 4 heteroatoms. The summed E-state index contributed by atoms with van der Waals surface area (Å²) in [5.41, 5.74) is 15.2. The third-order valence-electron chi connectivity index (χ3n) is 3.08. The SMILES string of the molecule is COc1c(C)cc([C@H](N)CCCCN)cc1C.Cl. The second kappa shape index (κ2) is 8.35. The summed E-state index contributed by atoms with van der Waals surface area (Å²) in [6.07, 6.45) is 3.12. The third-order valence-corrected chi connectivity index (χ3v) is 3.08. The number of halogens is 1. The zero-order chi connectivity index (χ0) is 12.8. The Kier molecular flexibility index (Phi) is 8.00. The van der Waals surface area contributed by atoms with Crippen LogP contribution in [-0.2, 0) is 0 Å². The number of ether oxygens (including phenoxy) is 1. The van der Waals surface area contributed by atoms with Gasteiger partial charge in [0.25, 0.3) is 0 Å². The molecule has 0 aliphatic rings. The van der Waals surface area contributed by atoms with Crippen molar-refractivity contribution in [2.24, 2.45) is 11.5 Å². The molecule has 1 aromatic carbocycles. The average Bonchev–Trinajstić information content (AvgIpc) is 2.28. The van der Waals surface area contributed by atoms with E-state index in [-0.39, 0.29) is 18.4 Å². The normalized spacial score (nSPS) is 11.8. The number of unbranched alkanes of at least 4 members (excludes halogenated alkanes) is 1. The molecule has 0 amide bonds. The first-order valence-corrected chi connectivity index (χ1v) is 6.21. The Hall–Kier alpha value is -0.770. The minimum absolute atomic E-state index is 0. The summed E-state index contributed by atoms with van der Waals surface area (Å²) in [6, 6.07) is 4.35. The van der Waals surface area contributed by atoms with Crippen LogP contribution in [0.25, 0.3) is 0 Å². The highest BCUT2D eigenvalue weighted by Gasteiger charge is 2.10. The van der Waals surface area contributed by atoms with Gasteiger partial charge in [0.05, 0.1) is 7.11 Å². The lowest BCUT2D eigenvalue weighted by atomic mass is 9.97. The molecule has 0 saturated heterocycles. The van der Waals surface area contributed by atoms with Crippen molar-refractivity contribution < 1.29 is 4.74 Å². The number of nitrogens with two attached hydrogens (primary N) is 2. The molecule has 1 aromatic rings. The number of benzene rings is 1. The van der Waals surface area contributed by atoms with Crippen molar-refractivity contribution in [1.82, 2.24) is 0 Å². The van der Waals surface area contributed by atoms with Crippen LogP contribution in [0.4, 0.5) is 0 Å². The Morgan fingerprint density at radius 1 is 1.17 bits per heavy atom. The lowest BCUT2D eigenvalue weighted by Crippen LogP contribution is -2.12. The number of aryl methyl sites for hydroxylation is 2. The summed E-state index contributed by atoms with van der Waals surface area (Å²) in [6.45, 7) is 4.86. The number of hydrogen-bond donors (Lipinski definition) is 2. The molecule has 0 radical (unpaired) electrons. The molecule has 0 spiro atoms. The van der Waals surface area contributed by atoms with Crippen LogP contribution < -0.4 is 16.2 Å². The Labute approximate surface area is 116 Å². The van der Waals surface area contributed by atoms with E-state index in [4.69, 9.17) is 16.2 Å². The fraction of sp³-hybridized carbons (Fsp3) is 0.571. The van der Waals surface area contributed by atoms with E-state index >= 15 is 0 Å². The zero-order valence-electron chi connectivity index (χ0n) is 11.5. The monoisotopic (exact) mass is 272 g/mol. The second-order valence-electron chi connectivity index (χ2n) is 4.58. The molecule has 18 heavy (non-hydrogen) atoms. The highest BCUT2D eigenvalue weighted by molar-refractivity contribution is 5.85. The van der Waals surface area contributed by atoms with Crippen LogP contribution in [0.5, 0.6) is 5.75 Å². The fourth-order valence-corrected chi connectivity index (χ4v) is 2.20. The Morgan fingerprint density at radius 3 is 2.17 bits per heavy atom. The maximum atomic E-state index is 6.18. The van der Waals surface area contributed by atoms with Crippen LogP contribution in [0, 0.1) is 13.8 Å². The van der Waals surface area contributed by atoms with E-state index in [1.165, 1.54) is 5.56 Å². The molecule has 0 aromatic heterocycles. The van der Waals surface area contributed by atoms with Gasteiger partial charge in [-0.1, -0.05) is 18.6 Å². The van der Waals surface area contributed by atoms with Crippen molar-refractivity contribution in [2.45, 2.75) is 39.2 Å². The number of hydrogen-bond acceptors (Lipinski definition) is 3. The Bertz CT molecular complexity index is 346. The molecule has 104 valence electrons.